The molecule has 0 aliphatic heterocycles. The molecule has 4 rings (SSSR count). The lowest BCUT2D eigenvalue weighted by Crippen LogP contribution is -2.20. The van der Waals surface area contributed by atoms with Crippen LogP contribution in [-0.4, -0.2) is 18.9 Å². The zero-order valence-corrected chi connectivity index (χ0v) is 18.2. The first-order valence-electron chi connectivity index (χ1n) is 9.74. The number of nitrogens with zero attached hydrogens (tertiary/aromatic N) is 5. The van der Waals surface area contributed by atoms with Crippen LogP contribution < -0.4 is 10.4 Å². The summed E-state index contributed by atoms with van der Waals surface area (Å²) in [6.45, 7) is 4.46. The Morgan fingerprint density at radius 3 is 2.55 bits per heavy atom. The number of hydrogen-bond acceptors (Lipinski definition) is 5. The average molecular weight is 436 g/mol. The molecule has 2 aromatic heterocycles. The van der Waals surface area contributed by atoms with E-state index in [1.807, 2.05) is 67.2 Å². The number of non-ortho nitro benzene ring substituents is 1. The van der Waals surface area contributed by atoms with Crippen LogP contribution in [0.1, 0.15) is 12.6 Å². The second-order valence-electron chi connectivity index (χ2n) is 6.98. The Bertz CT molecular complexity index is 1390. The van der Waals surface area contributed by atoms with Gasteiger partial charge >= 0.3 is 0 Å². The number of benzene rings is 2. The summed E-state index contributed by atoms with van der Waals surface area (Å²) < 4.78 is 5.35. The van der Waals surface area contributed by atoms with Gasteiger partial charge in [0.1, 0.15) is 0 Å². The molecule has 2 aromatic carbocycles. The summed E-state index contributed by atoms with van der Waals surface area (Å²) in [5.41, 5.74) is 3.30. The smallest absolute Gasteiger partial charge is 0.297 e. The molecule has 2 heterocycles. The third-order valence-corrected chi connectivity index (χ3v) is 6.06. The maximum atomic E-state index is 13.2. The van der Waals surface area contributed by atoms with Crippen LogP contribution in [0.4, 0.5) is 11.4 Å². The van der Waals surface area contributed by atoms with E-state index < -0.39 is 4.92 Å². The number of rotatable bonds is 5. The Morgan fingerprint density at radius 1 is 1.13 bits per heavy atom. The molecule has 0 saturated carbocycles. The van der Waals surface area contributed by atoms with E-state index in [0.717, 1.165) is 22.6 Å². The first-order chi connectivity index (χ1) is 14.9. The third-order valence-electron chi connectivity index (χ3n) is 5.20. The first kappa shape index (κ1) is 20.5. The van der Waals surface area contributed by atoms with Crippen LogP contribution in [0.2, 0.25) is 0 Å². The Hall–Kier alpha value is -3.72. The molecule has 0 saturated heterocycles. The highest BCUT2D eigenvalue weighted by Gasteiger charge is 2.17. The van der Waals surface area contributed by atoms with Gasteiger partial charge < -0.3 is 4.57 Å². The van der Waals surface area contributed by atoms with Gasteiger partial charge in [-0.25, -0.2) is 9.67 Å². The van der Waals surface area contributed by atoms with Gasteiger partial charge in [0.25, 0.3) is 11.2 Å². The molecule has 31 heavy (non-hydrogen) atoms. The van der Waals surface area contributed by atoms with Crippen molar-refractivity contribution in [2.45, 2.75) is 20.4 Å². The molecule has 9 heteroatoms. The van der Waals surface area contributed by atoms with Gasteiger partial charge in [-0.3, -0.25) is 19.6 Å². The normalized spacial score (nSPS) is 11.8. The molecular weight excluding hydrogens is 414 g/mol. The predicted octanol–water partition coefficient (Wildman–Crippen LogP) is 4.17. The van der Waals surface area contributed by atoms with Crippen LogP contribution >= 0.6 is 11.3 Å². The van der Waals surface area contributed by atoms with E-state index in [2.05, 4.69) is 0 Å². The fraction of sp³-hybridized carbons (Fsp3) is 0.182. The van der Waals surface area contributed by atoms with E-state index >= 15 is 0 Å². The van der Waals surface area contributed by atoms with Gasteiger partial charge in [0.2, 0.25) is 0 Å². The molecular formula is C22H21N5O3S. The summed E-state index contributed by atoms with van der Waals surface area (Å²) in [6.07, 6.45) is 0. The lowest BCUT2D eigenvalue weighted by Gasteiger charge is -2.07. The minimum Gasteiger partial charge on any atom is -0.317 e. The Morgan fingerprint density at radius 2 is 1.87 bits per heavy atom. The number of nitro groups is 1. The van der Waals surface area contributed by atoms with Crippen LogP contribution in [0.25, 0.3) is 16.9 Å². The fourth-order valence-corrected chi connectivity index (χ4v) is 4.49. The van der Waals surface area contributed by atoms with Gasteiger partial charge in [-0.15, -0.1) is 11.3 Å². The minimum absolute atomic E-state index is 0.0366. The average Bonchev–Trinajstić information content (AvgIpc) is 3.28. The number of hydrogen-bond donors (Lipinski definition) is 0. The van der Waals surface area contributed by atoms with E-state index in [1.54, 1.807) is 21.5 Å². The van der Waals surface area contributed by atoms with E-state index in [4.69, 9.17) is 4.99 Å². The highest BCUT2D eigenvalue weighted by atomic mass is 32.1. The fourth-order valence-electron chi connectivity index (χ4n) is 3.51. The van der Waals surface area contributed by atoms with Crippen molar-refractivity contribution in [3.63, 3.8) is 0 Å². The van der Waals surface area contributed by atoms with Gasteiger partial charge in [0.15, 0.2) is 10.5 Å². The predicted molar refractivity (Wildman–Crippen MR) is 121 cm³/mol. The largest absolute Gasteiger partial charge is 0.317 e. The molecule has 0 fully saturated rings. The van der Waals surface area contributed by atoms with Crippen molar-refractivity contribution < 1.29 is 4.92 Å². The monoisotopic (exact) mass is 435 g/mol. The van der Waals surface area contributed by atoms with Crippen LogP contribution in [-0.2, 0) is 13.6 Å². The molecule has 8 nitrogen and oxygen atoms in total. The molecule has 0 radical (unpaired) electrons. The molecule has 0 atom stereocenters. The summed E-state index contributed by atoms with van der Waals surface area (Å²) in [6, 6.07) is 16.0. The van der Waals surface area contributed by atoms with E-state index in [1.165, 1.54) is 17.4 Å². The second-order valence-corrected chi connectivity index (χ2v) is 7.81. The first-order valence-corrected chi connectivity index (χ1v) is 10.6. The molecule has 0 unspecified atom stereocenters. The summed E-state index contributed by atoms with van der Waals surface area (Å²) in [7, 11) is 1.83. The van der Waals surface area contributed by atoms with Crippen LogP contribution in [0.3, 0.4) is 0 Å². The maximum Gasteiger partial charge on any atom is 0.297 e. The number of para-hydroxylation sites is 1. The standard InChI is InChI=1S/C22H21N5O3S/c1-4-25-19(16-9-8-12-18(13-16)27(29)30)14-31-22(25)23-20-15(2)24(3)26(21(20)28)17-10-6-5-7-11-17/h5-14H,4H2,1-3H3. The highest BCUT2D eigenvalue weighted by Crippen LogP contribution is 2.25. The lowest BCUT2D eigenvalue weighted by atomic mass is 10.1. The number of aromatic nitrogens is 3. The van der Waals surface area contributed by atoms with E-state index in [-0.39, 0.29) is 11.2 Å². The van der Waals surface area contributed by atoms with E-state index in [0.29, 0.717) is 17.0 Å². The lowest BCUT2D eigenvalue weighted by molar-refractivity contribution is -0.384. The summed E-state index contributed by atoms with van der Waals surface area (Å²) in [4.78, 5) is 29.3. The quantitative estimate of drug-likeness (QED) is 0.348. The van der Waals surface area contributed by atoms with Gasteiger partial charge in [-0.1, -0.05) is 30.3 Å². The van der Waals surface area contributed by atoms with Crippen LogP contribution in [0.15, 0.2) is 69.8 Å². The minimum atomic E-state index is -0.406. The zero-order chi connectivity index (χ0) is 22.1. The molecule has 0 aliphatic rings. The van der Waals surface area contributed by atoms with Crippen molar-refractivity contribution in [1.82, 2.24) is 13.9 Å². The van der Waals surface area contributed by atoms with Crippen molar-refractivity contribution in [2.24, 2.45) is 12.0 Å². The topological polar surface area (TPSA) is 87.4 Å². The summed E-state index contributed by atoms with van der Waals surface area (Å²) in [5.74, 6) is 0. The van der Waals surface area contributed by atoms with Gasteiger partial charge in [0, 0.05) is 36.7 Å². The molecule has 158 valence electrons. The van der Waals surface area contributed by atoms with Gasteiger partial charge in [0.05, 0.1) is 22.0 Å². The number of thiazole rings is 1. The van der Waals surface area contributed by atoms with Gasteiger partial charge in [-0.05, 0) is 26.0 Å². The van der Waals surface area contributed by atoms with Crippen molar-refractivity contribution >= 4 is 22.7 Å². The highest BCUT2D eigenvalue weighted by molar-refractivity contribution is 7.07. The zero-order valence-electron chi connectivity index (χ0n) is 17.3. The van der Waals surface area contributed by atoms with Crippen LogP contribution in [0, 0.1) is 17.0 Å². The van der Waals surface area contributed by atoms with Crippen molar-refractivity contribution in [3.05, 3.63) is 90.9 Å². The maximum absolute atomic E-state index is 13.2. The summed E-state index contributed by atoms with van der Waals surface area (Å²) >= 11 is 1.40. The molecule has 0 aliphatic carbocycles. The van der Waals surface area contributed by atoms with E-state index in [9.17, 15) is 14.9 Å². The molecule has 0 bridgehead atoms. The Kier molecular flexibility index (Phi) is 5.43. The molecule has 0 N–H and O–H groups in total. The molecule has 4 aromatic rings. The SMILES string of the molecule is CCn1c(-c2cccc([N+](=O)[O-])c2)csc1=Nc1c(C)n(C)n(-c2ccccc2)c1=O. The number of nitro benzene ring substituents is 1. The van der Waals surface area contributed by atoms with Crippen molar-refractivity contribution in [1.29, 1.82) is 0 Å². The second kappa shape index (κ2) is 8.19. The molecule has 0 amide bonds. The molecule has 0 spiro atoms. The Labute approximate surface area is 182 Å². The van der Waals surface area contributed by atoms with Crippen LogP contribution in [0.5, 0.6) is 0 Å². The summed E-state index contributed by atoms with van der Waals surface area (Å²) in [5, 5.41) is 13.1. The third kappa shape index (κ3) is 3.64. The Balaban J connectivity index is 1.88. The van der Waals surface area contributed by atoms with Crippen molar-refractivity contribution in [2.75, 3.05) is 0 Å². The van der Waals surface area contributed by atoms with Crippen molar-refractivity contribution in [3.8, 4) is 16.9 Å². The van der Waals surface area contributed by atoms with Gasteiger partial charge in [-0.2, -0.15) is 0 Å².